The van der Waals surface area contributed by atoms with Crippen LogP contribution in [0.15, 0.2) is 22.7 Å². The summed E-state index contributed by atoms with van der Waals surface area (Å²) in [6, 6.07) is 5.97. The minimum Gasteiger partial charge on any atom is -0.354 e. The zero-order valence-corrected chi connectivity index (χ0v) is 15.6. The standard InChI is InChI=1S/C18H25BrN2O2/c1-11(2)20-17(22)13-4-6-14(7-5-13)18(23)21-15-8-9-16(19)12(3)10-15/h8-11,13-14H,4-7H2,1-3H3,(H,20,22)(H,21,23). The van der Waals surface area contributed by atoms with E-state index in [2.05, 4.69) is 26.6 Å². The van der Waals surface area contributed by atoms with Gasteiger partial charge in [0.15, 0.2) is 0 Å². The van der Waals surface area contributed by atoms with Crippen LogP contribution >= 0.6 is 15.9 Å². The topological polar surface area (TPSA) is 58.2 Å². The van der Waals surface area contributed by atoms with Gasteiger partial charge in [0.25, 0.3) is 0 Å². The molecule has 0 unspecified atom stereocenters. The molecule has 0 aromatic heterocycles. The minimum absolute atomic E-state index is 0.00190. The maximum Gasteiger partial charge on any atom is 0.227 e. The summed E-state index contributed by atoms with van der Waals surface area (Å²) in [6.07, 6.45) is 3.13. The summed E-state index contributed by atoms with van der Waals surface area (Å²) >= 11 is 3.46. The van der Waals surface area contributed by atoms with Crippen molar-refractivity contribution in [2.24, 2.45) is 11.8 Å². The van der Waals surface area contributed by atoms with Gasteiger partial charge in [-0.05, 0) is 70.2 Å². The van der Waals surface area contributed by atoms with Crippen LogP contribution in [0.2, 0.25) is 0 Å². The lowest BCUT2D eigenvalue weighted by Gasteiger charge is -2.27. The molecule has 5 heteroatoms. The fraction of sp³-hybridized carbons (Fsp3) is 0.556. The Hall–Kier alpha value is -1.36. The second-order valence-electron chi connectivity index (χ2n) is 6.67. The number of rotatable bonds is 4. The van der Waals surface area contributed by atoms with E-state index in [1.165, 1.54) is 0 Å². The summed E-state index contributed by atoms with van der Waals surface area (Å²) in [7, 11) is 0. The van der Waals surface area contributed by atoms with Crippen molar-refractivity contribution in [1.82, 2.24) is 5.32 Å². The van der Waals surface area contributed by atoms with Gasteiger partial charge in [-0.25, -0.2) is 0 Å². The Morgan fingerprint density at radius 1 is 1.09 bits per heavy atom. The predicted molar refractivity (Wildman–Crippen MR) is 96.2 cm³/mol. The summed E-state index contributed by atoms with van der Waals surface area (Å²) < 4.78 is 1.03. The summed E-state index contributed by atoms with van der Waals surface area (Å²) in [5, 5.41) is 5.96. The van der Waals surface area contributed by atoms with E-state index in [0.29, 0.717) is 0 Å². The van der Waals surface area contributed by atoms with Crippen molar-refractivity contribution in [3.05, 3.63) is 28.2 Å². The van der Waals surface area contributed by atoms with Crippen molar-refractivity contribution < 1.29 is 9.59 Å². The molecule has 0 heterocycles. The fourth-order valence-corrected chi connectivity index (χ4v) is 3.23. The molecule has 2 amide bonds. The molecule has 1 saturated carbocycles. The first-order chi connectivity index (χ1) is 10.9. The van der Waals surface area contributed by atoms with E-state index in [-0.39, 0.29) is 29.7 Å². The van der Waals surface area contributed by atoms with Crippen LogP contribution in [0.5, 0.6) is 0 Å². The molecular formula is C18H25BrN2O2. The van der Waals surface area contributed by atoms with Crippen LogP contribution in [-0.4, -0.2) is 17.9 Å². The second kappa shape index (κ2) is 7.95. The summed E-state index contributed by atoms with van der Waals surface area (Å²) in [6.45, 7) is 5.94. The van der Waals surface area contributed by atoms with Crippen LogP contribution in [0.3, 0.4) is 0 Å². The van der Waals surface area contributed by atoms with Crippen LogP contribution in [0.25, 0.3) is 0 Å². The number of halogens is 1. The van der Waals surface area contributed by atoms with Gasteiger partial charge in [-0.2, -0.15) is 0 Å². The van der Waals surface area contributed by atoms with Gasteiger partial charge in [0.1, 0.15) is 0 Å². The Bertz CT molecular complexity index is 578. The molecule has 126 valence electrons. The van der Waals surface area contributed by atoms with Crippen molar-refractivity contribution in [3.8, 4) is 0 Å². The van der Waals surface area contributed by atoms with Gasteiger partial charge in [0.05, 0.1) is 0 Å². The monoisotopic (exact) mass is 380 g/mol. The first kappa shape index (κ1) is 18.0. The highest BCUT2D eigenvalue weighted by Crippen LogP contribution is 2.30. The second-order valence-corrected chi connectivity index (χ2v) is 7.52. The largest absolute Gasteiger partial charge is 0.354 e. The lowest BCUT2D eigenvalue weighted by molar-refractivity contribution is -0.128. The molecule has 1 aromatic rings. The average molecular weight is 381 g/mol. The SMILES string of the molecule is Cc1cc(NC(=O)C2CCC(C(=O)NC(C)C)CC2)ccc1Br. The summed E-state index contributed by atoms with van der Waals surface area (Å²) in [4.78, 5) is 24.4. The van der Waals surface area contributed by atoms with Gasteiger partial charge < -0.3 is 10.6 Å². The molecule has 1 aliphatic carbocycles. The normalized spacial score (nSPS) is 21.1. The molecule has 1 aromatic carbocycles. The third-order valence-electron chi connectivity index (χ3n) is 4.33. The predicted octanol–water partition coefficient (Wildman–Crippen LogP) is 4.03. The summed E-state index contributed by atoms with van der Waals surface area (Å²) in [5.74, 6) is 0.246. The molecule has 0 spiro atoms. The Morgan fingerprint density at radius 3 is 2.17 bits per heavy atom. The molecule has 0 radical (unpaired) electrons. The van der Waals surface area contributed by atoms with Crippen molar-refractivity contribution in [1.29, 1.82) is 0 Å². The van der Waals surface area contributed by atoms with Crippen LogP contribution in [0, 0.1) is 18.8 Å². The van der Waals surface area contributed by atoms with Crippen LogP contribution in [-0.2, 0) is 9.59 Å². The van der Waals surface area contributed by atoms with Gasteiger partial charge in [-0.1, -0.05) is 15.9 Å². The highest BCUT2D eigenvalue weighted by Gasteiger charge is 2.30. The van der Waals surface area contributed by atoms with Gasteiger partial charge in [-0.3, -0.25) is 9.59 Å². The van der Waals surface area contributed by atoms with Gasteiger partial charge in [-0.15, -0.1) is 0 Å². The number of aryl methyl sites for hydroxylation is 1. The van der Waals surface area contributed by atoms with E-state index in [4.69, 9.17) is 0 Å². The maximum absolute atomic E-state index is 12.4. The average Bonchev–Trinajstić information content (AvgIpc) is 2.50. The first-order valence-corrected chi connectivity index (χ1v) is 9.03. The molecule has 0 atom stereocenters. The number of benzene rings is 1. The lowest BCUT2D eigenvalue weighted by atomic mass is 9.81. The highest BCUT2D eigenvalue weighted by molar-refractivity contribution is 9.10. The van der Waals surface area contributed by atoms with Gasteiger partial charge >= 0.3 is 0 Å². The van der Waals surface area contributed by atoms with Crippen LogP contribution in [0.4, 0.5) is 5.69 Å². The molecule has 1 aliphatic rings. The first-order valence-electron chi connectivity index (χ1n) is 8.24. The maximum atomic E-state index is 12.4. The number of carbonyl (C=O) groups is 2. The quantitative estimate of drug-likeness (QED) is 0.828. The van der Waals surface area contributed by atoms with Crippen molar-refractivity contribution >= 4 is 33.4 Å². The molecular weight excluding hydrogens is 356 g/mol. The molecule has 0 aliphatic heterocycles. The molecule has 0 saturated heterocycles. The van der Waals surface area contributed by atoms with Crippen molar-refractivity contribution in [2.75, 3.05) is 5.32 Å². The van der Waals surface area contributed by atoms with Crippen LogP contribution < -0.4 is 10.6 Å². The van der Waals surface area contributed by atoms with Crippen molar-refractivity contribution in [2.45, 2.75) is 52.5 Å². The van der Waals surface area contributed by atoms with E-state index in [1.54, 1.807) is 0 Å². The van der Waals surface area contributed by atoms with E-state index < -0.39 is 0 Å². The molecule has 2 N–H and O–H groups in total. The molecule has 1 fully saturated rings. The zero-order chi connectivity index (χ0) is 17.0. The Kier molecular flexibility index (Phi) is 6.22. The number of anilines is 1. The third-order valence-corrected chi connectivity index (χ3v) is 5.21. The van der Waals surface area contributed by atoms with E-state index >= 15 is 0 Å². The van der Waals surface area contributed by atoms with Gasteiger partial charge in [0.2, 0.25) is 11.8 Å². The number of hydrogen-bond donors (Lipinski definition) is 2. The number of nitrogens with one attached hydrogen (secondary N) is 2. The molecule has 2 rings (SSSR count). The Labute approximate surface area is 146 Å². The zero-order valence-electron chi connectivity index (χ0n) is 14.0. The smallest absolute Gasteiger partial charge is 0.227 e. The van der Waals surface area contributed by atoms with Gasteiger partial charge in [0, 0.05) is 28.0 Å². The number of amides is 2. The van der Waals surface area contributed by atoms with Crippen molar-refractivity contribution in [3.63, 3.8) is 0 Å². The van der Waals surface area contributed by atoms with E-state index in [0.717, 1.165) is 41.4 Å². The minimum atomic E-state index is 0.00190. The van der Waals surface area contributed by atoms with E-state index in [9.17, 15) is 9.59 Å². The number of hydrogen-bond acceptors (Lipinski definition) is 2. The molecule has 23 heavy (non-hydrogen) atoms. The molecule has 4 nitrogen and oxygen atoms in total. The molecule has 0 bridgehead atoms. The third kappa shape index (κ3) is 5.06. The summed E-state index contributed by atoms with van der Waals surface area (Å²) in [5.41, 5.74) is 1.92. The number of carbonyl (C=O) groups excluding carboxylic acids is 2. The lowest BCUT2D eigenvalue weighted by Crippen LogP contribution is -2.38. The van der Waals surface area contributed by atoms with E-state index in [1.807, 2.05) is 39.0 Å². The highest BCUT2D eigenvalue weighted by atomic mass is 79.9. The van der Waals surface area contributed by atoms with Crippen LogP contribution in [0.1, 0.15) is 45.1 Å². The fourth-order valence-electron chi connectivity index (χ4n) is 2.99. The Balaban J connectivity index is 1.86. The Morgan fingerprint density at radius 2 is 1.65 bits per heavy atom.